The summed E-state index contributed by atoms with van der Waals surface area (Å²) in [4.78, 5) is 35.8. The van der Waals surface area contributed by atoms with E-state index in [-0.39, 0.29) is 6.54 Å². The predicted molar refractivity (Wildman–Crippen MR) is 177 cm³/mol. The quantitative estimate of drug-likeness (QED) is 0.139. The number of hydrogen-bond donors (Lipinski definition) is 5. The third-order valence-corrected chi connectivity index (χ3v) is 6.96. The molecule has 0 spiro atoms. The van der Waals surface area contributed by atoms with Gasteiger partial charge in [-0.25, -0.2) is 9.59 Å². The van der Waals surface area contributed by atoms with Crippen molar-refractivity contribution >= 4 is 28.7 Å². The minimum atomic E-state index is -1.07. The summed E-state index contributed by atoms with van der Waals surface area (Å²) in [6, 6.07) is 24.2. The van der Waals surface area contributed by atoms with Gasteiger partial charge in [0.25, 0.3) is 5.91 Å². The molecule has 10 nitrogen and oxygen atoms in total. The number of carboxylic acid groups (broad SMARTS) is 1. The normalized spacial score (nSPS) is 11.7. The van der Waals surface area contributed by atoms with E-state index in [1.165, 1.54) is 16.3 Å². The largest absolute Gasteiger partial charge is 0.480 e. The summed E-state index contributed by atoms with van der Waals surface area (Å²) in [7, 11) is 1.97. The Balaban J connectivity index is 0.000000379. The Kier molecular flexibility index (Phi) is 13.1. The van der Waals surface area contributed by atoms with Gasteiger partial charge in [0.15, 0.2) is 0 Å². The molecule has 240 valence electrons. The van der Waals surface area contributed by atoms with Crippen LogP contribution in [0.2, 0.25) is 0 Å². The van der Waals surface area contributed by atoms with Gasteiger partial charge in [-0.05, 0) is 86.3 Å². The van der Waals surface area contributed by atoms with E-state index in [9.17, 15) is 19.5 Å². The first-order valence-corrected chi connectivity index (χ1v) is 15.0. The third-order valence-electron chi connectivity index (χ3n) is 6.96. The second kappa shape index (κ2) is 17.0. The SMILES string of the molecule is Cn1cccc1CNCCC[C@H](NC(=O)c1ccc(CNC(=O)OC(C)(C)C)cc1)C(=O)O.NCc1cccc2ccccc12. The summed E-state index contributed by atoms with van der Waals surface area (Å²) >= 11 is 0. The molecule has 0 saturated carbocycles. The minimum Gasteiger partial charge on any atom is -0.480 e. The number of aliphatic carboxylic acids is 1. The lowest BCUT2D eigenvalue weighted by molar-refractivity contribution is -0.139. The maximum atomic E-state index is 12.5. The lowest BCUT2D eigenvalue weighted by atomic mass is 10.1. The van der Waals surface area contributed by atoms with E-state index in [1.54, 1.807) is 45.0 Å². The monoisotopic (exact) mass is 615 g/mol. The van der Waals surface area contributed by atoms with Gasteiger partial charge in [-0.3, -0.25) is 4.79 Å². The number of alkyl carbamates (subject to hydrolysis) is 1. The smallest absolute Gasteiger partial charge is 0.407 e. The van der Waals surface area contributed by atoms with Gasteiger partial charge in [-0.15, -0.1) is 0 Å². The van der Waals surface area contributed by atoms with Crippen LogP contribution >= 0.6 is 0 Å². The summed E-state index contributed by atoms with van der Waals surface area (Å²) in [5, 5.41) is 20.5. The van der Waals surface area contributed by atoms with Crippen LogP contribution in [0.1, 0.15) is 60.8 Å². The zero-order valence-electron chi connectivity index (χ0n) is 26.5. The molecule has 0 aliphatic rings. The van der Waals surface area contributed by atoms with E-state index in [2.05, 4.69) is 40.2 Å². The number of fused-ring (bicyclic) bond motifs is 1. The van der Waals surface area contributed by atoms with Crippen molar-refractivity contribution in [1.29, 1.82) is 0 Å². The number of rotatable bonds is 12. The van der Waals surface area contributed by atoms with Gasteiger partial charge >= 0.3 is 12.1 Å². The standard InChI is InChI=1S/C24H34N4O5.C11H11N/c1-24(2,3)33-23(32)26-15-17-9-11-18(12-10-17)21(29)27-20(22(30)31)8-5-13-25-16-19-7-6-14-28(19)4;12-8-10-6-3-5-9-4-1-2-7-11(9)10/h6-7,9-12,14,20,25H,5,8,13,15-16H2,1-4H3,(H,26,32)(H,27,29)(H,30,31);1-7H,8,12H2/t20-;/m0./s1. The van der Waals surface area contributed by atoms with Gasteiger partial charge in [0.05, 0.1) is 0 Å². The first kappa shape index (κ1) is 34.8. The van der Waals surface area contributed by atoms with Crippen LogP contribution in [0.15, 0.2) is 85.1 Å². The number of hydrogen-bond acceptors (Lipinski definition) is 6. The van der Waals surface area contributed by atoms with E-state index < -0.39 is 29.6 Å². The molecular weight excluding hydrogens is 570 g/mol. The van der Waals surface area contributed by atoms with Crippen molar-refractivity contribution in [3.8, 4) is 0 Å². The summed E-state index contributed by atoms with van der Waals surface area (Å²) < 4.78 is 7.20. The highest BCUT2D eigenvalue weighted by Gasteiger charge is 2.20. The Labute approximate surface area is 265 Å². The van der Waals surface area contributed by atoms with Gasteiger partial charge < -0.3 is 36.1 Å². The molecule has 0 radical (unpaired) electrons. The van der Waals surface area contributed by atoms with Crippen LogP contribution < -0.4 is 21.7 Å². The highest BCUT2D eigenvalue weighted by atomic mass is 16.6. The van der Waals surface area contributed by atoms with Crippen LogP contribution in [-0.4, -0.2) is 45.8 Å². The Hall–Kier alpha value is -4.67. The van der Waals surface area contributed by atoms with E-state index in [1.807, 2.05) is 48.1 Å². The van der Waals surface area contributed by atoms with Crippen LogP contribution in [0.25, 0.3) is 10.8 Å². The summed E-state index contributed by atoms with van der Waals surface area (Å²) in [6.45, 7) is 7.56. The van der Waals surface area contributed by atoms with Crippen molar-refractivity contribution in [2.24, 2.45) is 12.8 Å². The number of amides is 2. The molecule has 0 saturated heterocycles. The maximum Gasteiger partial charge on any atom is 0.407 e. The highest BCUT2D eigenvalue weighted by molar-refractivity contribution is 5.96. The van der Waals surface area contributed by atoms with Crippen LogP contribution in [0.3, 0.4) is 0 Å². The summed E-state index contributed by atoms with van der Waals surface area (Å²) in [6.07, 6.45) is 2.37. The molecule has 45 heavy (non-hydrogen) atoms. The highest BCUT2D eigenvalue weighted by Crippen LogP contribution is 2.17. The molecule has 0 aliphatic heterocycles. The second-order valence-electron chi connectivity index (χ2n) is 11.7. The van der Waals surface area contributed by atoms with Crippen molar-refractivity contribution in [2.45, 2.75) is 64.9 Å². The number of aryl methyl sites for hydroxylation is 1. The number of nitrogens with zero attached hydrogens (tertiary/aromatic N) is 1. The molecule has 4 aromatic rings. The van der Waals surface area contributed by atoms with Gasteiger partial charge in [0, 0.05) is 44.1 Å². The summed E-state index contributed by atoms with van der Waals surface area (Å²) in [5.41, 5.74) is 8.53. The van der Waals surface area contributed by atoms with Crippen molar-refractivity contribution in [3.63, 3.8) is 0 Å². The molecule has 0 bridgehead atoms. The molecule has 2 amide bonds. The zero-order valence-corrected chi connectivity index (χ0v) is 26.5. The topological polar surface area (TPSA) is 148 Å². The van der Waals surface area contributed by atoms with Crippen LogP contribution in [0, 0.1) is 0 Å². The molecule has 3 aromatic carbocycles. The first-order valence-electron chi connectivity index (χ1n) is 15.0. The van der Waals surface area contributed by atoms with Gasteiger partial charge in [0.1, 0.15) is 11.6 Å². The zero-order chi connectivity index (χ0) is 32.8. The fourth-order valence-electron chi connectivity index (χ4n) is 4.56. The molecular formula is C35H45N5O5. The predicted octanol–water partition coefficient (Wildman–Crippen LogP) is 5.10. The number of carbonyl (C=O) groups excluding carboxylic acids is 2. The van der Waals surface area contributed by atoms with Crippen molar-refractivity contribution in [1.82, 2.24) is 20.5 Å². The average molecular weight is 616 g/mol. The Morgan fingerprint density at radius 1 is 0.933 bits per heavy atom. The van der Waals surface area contributed by atoms with Crippen LogP contribution in [-0.2, 0) is 36.2 Å². The lowest BCUT2D eigenvalue weighted by Gasteiger charge is -2.19. The lowest BCUT2D eigenvalue weighted by Crippen LogP contribution is -2.41. The number of ether oxygens (including phenoxy) is 1. The van der Waals surface area contributed by atoms with Gasteiger partial charge in [-0.2, -0.15) is 0 Å². The number of aromatic nitrogens is 1. The van der Waals surface area contributed by atoms with E-state index >= 15 is 0 Å². The molecule has 6 N–H and O–H groups in total. The average Bonchev–Trinajstić information content (AvgIpc) is 3.42. The number of nitrogens with two attached hydrogens (primary N) is 1. The molecule has 0 fully saturated rings. The molecule has 1 aromatic heterocycles. The minimum absolute atomic E-state index is 0.254. The molecule has 4 rings (SSSR count). The second-order valence-corrected chi connectivity index (χ2v) is 11.7. The van der Waals surface area contributed by atoms with Crippen molar-refractivity contribution < 1.29 is 24.2 Å². The number of nitrogens with one attached hydrogen (secondary N) is 3. The summed E-state index contributed by atoms with van der Waals surface area (Å²) in [5.74, 6) is -1.52. The van der Waals surface area contributed by atoms with Crippen LogP contribution in [0.4, 0.5) is 4.79 Å². The molecule has 1 atom stereocenters. The number of benzene rings is 3. The fraction of sp³-hybridized carbons (Fsp3) is 0.343. The molecule has 1 heterocycles. The number of carbonyl (C=O) groups is 3. The van der Waals surface area contributed by atoms with E-state index in [0.717, 1.165) is 11.3 Å². The van der Waals surface area contributed by atoms with E-state index in [0.29, 0.717) is 38.0 Å². The maximum absolute atomic E-state index is 12.5. The Bertz CT molecular complexity index is 1540. The van der Waals surface area contributed by atoms with Gasteiger partial charge in [-0.1, -0.05) is 54.6 Å². The van der Waals surface area contributed by atoms with Crippen molar-refractivity contribution in [2.75, 3.05) is 6.54 Å². The molecule has 0 unspecified atom stereocenters. The fourth-order valence-corrected chi connectivity index (χ4v) is 4.56. The van der Waals surface area contributed by atoms with Crippen LogP contribution in [0.5, 0.6) is 0 Å². The molecule has 10 heteroatoms. The van der Waals surface area contributed by atoms with E-state index in [4.69, 9.17) is 10.5 Å². The number of carboxylic acids is 1. The Morgan fingerprint density at radius 2 is 1.64 bits per heavy atom. The third kappa shape index (κ3) is 11.7. The first-order chi connectivity index (χ1) is 21.5. The van der Waals surface area contributed by atoms with Crippen molar-refractivity contribution in [3.05, 3.63) is 107 Å². The van der Waals surface area contributed by atoms with Gasteiger partial charge in [0.2, 0.25) is 0 Å². The Morgan fingerprint density at radius 3 is 2.29 bits per heavy atom. The molecule has 0 aliphatic carbocycles.